The number of ether oxygens (including phenoxy) is 1. The average Bonchev–Trinajstić information content (AvgIpc) is 3.09. The van der Waals surface area contributed by atoms with E-state index >= 15 is 0 Å². The zero-order valence-electron chi connectivity index (χ0n) is 33.8. The van der Waals surface area contributed by atoms with Crippen molar-refractivity contribution in [3.8, 4) is 0 Å². The number of unbranched alkanes of at least 4 members (excludes halogenated alkanes) is 37. The van der Waals surface area contributed by atoms with Crippen LogP contribution < -0.4 is 0 Å². The number of carbonyl (C=O) groups excluding carboxylic acids is 1. The molecule has 0 rings (SSSR count). The summed E-state index contributed by atoms with van der Waals surface area (Å²) in [6, 6.07) is 0. The molecule has 0 aliphatic rings. The Bertz CT molecular complexity index is 594. The van der Waals surface area contributed by atoms with Crippen molar-refractivity contribution in [3.05, 3.63) is 0 Å². The fourth-order valence-electron chi connectivity index (χ4n) is 7.10. The fraction of sp³-hybridized carbons (Fsp3) is 0.978. The van der Waals surface area contributed by atoms with Gasteiger partial charge in [0.1, 0.15) is 0 Å². The van der Waals surface area contributed by atoms with Crippen LogP contribution in [-0.4, -0.2) is 37.6 Å². The number of nitrogens with zero attached hydrogens (tertiary/aromatic N) is 1. The number of esters is 1. The summed E-state index contributed by atoms with van der Waals surface area (Å²) in [5.74, 6) is -0.0825. The molecule has 0 radical (unpaired) electrons. The van der Waals surface area contributed by atoms with Gasteiger partial charge in [-0.25, -0.2) is 0 Å². The molecule has 0 aromatic rings. The van der Waals surface area contributed by atoms with E-state index < -0.39 is 0 Å². The lowest BCUT2D eigenvalue weighted by atomic mass is 10.0. The first-order valence-electron chi connectivity index (χ1n) is 22.5. The Hall–Kier alpha value is -0.570. The molecule has 0 saturated carbocycles. The molecule has 0 aliphatic carbocycles. The third-order valence-electron chi connectivity index (χ3n) is 10.7. The Morgan fingerprint density at radius 2 is 0.562 bits per heavy atom. The van der Waals surface area contributed by atoms with Gasteiger partial charge in [-0.1, -0.05) is 251 Å². The maximum absolute atomic E-state index is 11.6. The summed E-state index contributed by atoms with van der Waals surface area (Å²) in [7, 11) is 1.95. The molecule has 0 N–H and O–H groups in total. The van der Waals surface area contributed by atoms with Crippen LogP contribution in [0.2, 0.25) is 0 Å². The smallest absolute Gasteiger partial charge is 0.320 e. The second-order valence-corrected chi connectivity index (χ2v) is 15.6. The minimum Gasteiger partial charge on any atom is -0.465 e. The summed E-state index contributed by atoms with van der Waals surface area (Å²) < 4.78 is 5.31. The summed E-state index contributed by atoms with van der Waals surface area (Å²) in [5, 5.41) is 0. The van der Waals surface area contributed by atoms with Gasteiger partial charge in [-0.05, 0) is 20.0 Å². The molecule has 0 bridgehead atoms. The molecule has 3 nitrogen and oxygen atoms in total. The zero-order chi connectivity index (χ0) is 34.9. The summed E-state index contributed by atoms with van der Waals surface area (Å²) in [6.07, 6.45) is 54.6. The molecule has 0 aliphatic heterocycles. The van der Waals surface area contributed by atoms with E-state index in [4.69, 9.17) is 4.74 Å². The van der Waals surface area contributed by atoms with Gasteiger partial charge in [0.2, 0.25) is 0 Å². The number of likely N-dealkylation sites (N-methyl/N-ethyl adjacent to an activating group) is 1. The highest BCUT2D eigenvalue weighted by Crippen LogP contribution is 2.17. The second kappa shape index (κ2) is 42.6. The van der Waals surface area contributed by atoms with Crippen LogP contribution in [0.15, 0.2) is 0 Å². The van der Waals surface area contributed by atoms with Gasteiger partial charge in [0, 0.05) is 0 Å². The van der Waals surface area contributed by atoms with Crippen LogP contribution in [0.1, 0.15) is 258 Å². The van der Waals surface area contributed by atoms with Crippen LogP contribution in [0.5, 0.6) is 0 Å². The molecule has 3 heteroatoms. The van der Waals surface area contributed by atoms with Gasteiger partial charge in [-0.2, -0.15) is 0 Å². The summed E-state index contributed by atoms with van der Waals surface area (Å²) >= 11 is 0. The monoisotopic (exact) mass is 678 g/mol. The van der Waals surface area contributed by atoms with Gasteiger partial charge in [0.15, 0.2) is 0 Å². The topological polar surface area (TPSA) is 29.5 Å². The van der Waals surface area contributed by atoms with E-state index in [1.165, 1.54) is 238 Å². The van der Waals surface area contributed by atoms with Gasteiger partial charge in [-0.15, -0.1) is 0 Å². The van der Waals surface area contributed by atoms with Gasteiger partial charge in [-0.3, -0.25) is 9.69 Å². The standard InChI is InChI=1S/C45H91NO2/c1-4-6-7-8-9-10-11-12-13-14-15-16-17-18-19-20-21-22-23-24-25-26-27-28-29-30-31-32-33-34-35-36-37-38-39-40-41-42-43-48-45(47)44-46(3)5-2/h4-44H2,1-3H3. The number of hydrogen-bond acceptors (Lipinski definition) is 3. The van der Waals surface area contributed by atoms with E-state index in [9.17, 15) is 4.79 Å². The first-order chi connectivity index (χ1) is 23.7. The van der Waals surface area contributed by atoms with Crippen LogP contribution in [0.3, 0.4) is 0 Å². The summed E-state index contributed by atoms with van der Waals surface area (Å²) in [6.45, 7) is 6.25. The van der Waals surface area contributed by atoms with Crippen molar-refractivity contribution in [2.45, 2.75) is 258 Å². The molecular weight excluding hydrogens is 587 g/mol. The van der Waals surface area contributed by atoms with Crippen molar-refractivity contribution in [3.63, 3.8) is 0 Å². The van der Waals surface area contributed by atoms with Crippen LogP contribution in [0.4, 0.5) is 0 Å². The maximum atomic E-state index is 11.6. The van der Waals surface area contributed by atoms with Crippen molar-refractivity contribution in [1.29, 1.82) is 0 Å². The van der Waals surface area contributed by atoms with Crippen molar-refractivity contribution in [1.82, 2.24) is 4.90 Å². The molecule has 0 aromatic heterocycles. The minimum atomic E-state index is -0.0825. The van der Waals surface area contributed by atoms with Gasteiger partial charge >= 0.3 is 5.97 Å². The molecule has 0 spiro atoms. The highest BCUT2D eigenvalue weighted by atomic mass is 16.5. The van der Waals surface area contributed by atoms with Gasteiger partial charge in [0.05, 0.1) is 13.2 Å². The van der Waals surface area contributed by atoms with E-state index in [1.807, 2.05) is 11.9 Å². The molecule has 0 atom stereocenters. The molecule has 48 heavy (non-hydrogen) atoms. The van der Waals surface area contributed by atoms with Crippen molar-refractivity contribution in [2.75, 3.05) is 26.7 Å². The maximum Gasteiger partial charge on any atom is 0.320 e. The zero-order valence-corrected chi connectivity index (χ0v) is 33.8. The third kappa shape index (κ3) is 41.6. The molecule has 0 unspecified atom stereocenters. The fourth-order valence-corrected chi connectivity index (χ4v) is 7.10. The van der Waals surface area contributed by atoms with Crippen LogP contribution in [0, 0.1) is 0 Å². The van der Waals surface area contributed by atoms with Crippen LogP contribution in [-0.2, 0) is 9.53 Å². The Morgan fingerprint density at radius 3 is 0.771 bits per heavy atom. The van der Waals surface area contributed by atoms with E-state index in [1.54, 1.807) is 0 Å². The quantitative estimate of drug-likeness (QED) is 0.0476. The summed E-state index contributed by atoms with van der Waals surface area (Å²) in [5.41, 5.74) is 0. The minimum absolute atomic E-state index is 0.0825. The lowest BCUT2D eigenvalue weighted by Gasteiger charge is -2.12. The van der Waals surface area contributed by atoms with Crippen molar-refractivity contribution < 1.29 is 9.53 Å². The first-order valence-corrected chi connectivity index (χ1v) is 22.5. The Morgan fingerprint density at radius 1 is 0.354 bits per heavy atom. The number of rotatable bonds is 42. The Kier molecular flexibility index (Phi) is 42.1. The molecule has 288 valence electrons. The molecule has 0 saturated heterocycles. The van der Waals surface area contributed by atoms with Gasteiger partial charge < -0.3 is 4.74 Å². The highest BCUT2D eigenvalue weighted by molar-refractivity contribution is 5.71. The first kappa shape index (κ1) is 47.4. The second-order valence-electron chi connectivity index (χ2n) is 15.6. The van der Waals surface area contributed by atoms with Crippen LogP contribution >= 0.6 is 0 Å². The van der Waals surface area contributed by atoms with Crippen molar-refractivity contribution in [2.24, 2.45) is 0 Å². The normalized spacial score (nSPS) is 11.6. The van der Waals surface area contributed by atoms with Crippen molar-refractivity contribution >= 4 is 5.97 Å². The van der Waals surface area contributed by atoms with E-state index in [0.29, 0.717) is 13.2 Å². The highest BCUT2D eigenvalue weighted by Gasteiger charge is 2.05. The lowest BCUT2D eigenvalue weighted by molar-refractivity contribution is -0.144. The van der Waals surface area contributed by atoms with Gasteiger partial charge in [0.25, 0.3) is 0 Å². The third-order valence-corrected chi connectivity index (χ3v) is 10.7. The molecule has 0 aromatic carbocycles. The molecular formula is C45H91NO2. The lowest BCUT2D eigenvalue weighted by Crippen LogP contribution is -2.27. The predicted octanol–water partition coefficient (Wildman–Crippen LogP) is 15.3. The summed E-state index contributed by atoms with van der Waals surface area (Å²) in [4.78, 5) is 13.6. The Labute approximate surface area is 304 Å². The number of carbonyl (C=O) groups is 1. The van der Waals surface area contributed by atoms with E-state index in [-0.39, 0.29) is 5.97 Å². The number of hydrogen-bond donors (Lipinski definition) is 0. The molecule has 0 fully saturated rings. The van der Waals surface area contributed by atoms with Crippen LogP contribution in [0.25, 0.3) is 0 Å². The predicted molar refractivity (Wildman–Crippen MR) is 215 cm³/mol. The Balaban J connectivity index is 3.08. The average molecular weight is 678 g/mol. The SMILES string of the molecule is CCCCCCCCCCCCCCCCCCCCCCCCCCCCCCCCCCCCCCCCOC(=O)CN(C)CC. The van der Waals surface area contributed by atoms with E-state index in [0.717, 1.165) is 13.0 Å². The molecule has 0 amide bonds. The largest absolute Gasteiger partial charge is 0.465 e. The van der Waals surface area contributed by atoms with E-state index in [2.05, 4.69) is 13.8 Å². The molecule has 0 heterocycles.